The van der Waals surface area contributed by atoms with Gasteiger partial charge in [0.15, 0.2) is 0 Å². The molecule has 2 rings (SSSR count). The maximum Gasteiger partial charge on any atom is 0.148 e. The lowest BCUT2D eigenvalue weighted by atomic mass is 9.95. The first-order valence-corrected chi connectivity index (χ1v) is 7.48. The van der Waals surface area contributed by atoms with E-state index in [1.165, 1.54) is 0 Å². The molecule has 1 aliphatic heterocycles. The standard InChI is InChI=1S/C15H27N5O/c1-9-7-20(8-10(2)21-9)13-11(3)12(19-16)17-14(18-13)15(4,5)6/h9-10H,7-8,16H2,1-6H3,(H,17,18,19)/t9-,10+. The third-order valence-electron chi connectivity index (χ3n) is 3.65. The number of nitrogen functional groups attached to an aromatic ring is 1. The van der Waals surface area contributed by atoms with Gasteiger partial charge in [-0.05, 0) is 20.8 Å². The lowest BCUT2D eigenvalue weighted by Gasteiger charge is -2.37. The zero-order valence-electron chi connectivity index (χ0n) is 13.9. The summed E-state index contributed by atoms with van der Waals surface area (Å²) in [7, 11) is 0. The maximum absolute atomic E-state index is 5.81. The van der Waals surface area contributed by atoms with Crippen LogP contribution in [-0.4, -0.2) is 35.3 Å². The molecule has 1 aliphatic rings. The van der Waals surface area contributed by atoms with Crippen molar-refractivity contribution in [2.24, 2.45) is 5.84 Å². The van der Waals surface area contributed by atoms with Gasteiger partial charge in [-0.1, -0.05) is 20.8 Å². The Balaban J connectivity index is 2.46. The Kier molecular flexibility index (Phi) is 4.39. The molecule has 118 valence electrons. The highest BCUT2D eigenvalue weighted by atomic mass is 16.5. The molecule has 2 atom stereocenters. The van der Waals surface area contributed by atoms with Gasteiger partial charge in [0.1, 0.15) is 17.5 Å². The van der Waals surface area contributed by atoms with Gasteiger partial charge in [0.25, 0.3) is 0 Å². The first-order chi connectivity index (χ1) is 9.72. The van der Waals surface area contributed by atoms with Crippen LogP contribution in [0.5, 0.6) is 0 Å². The van der Waals surface area contributed by atoms with Gasteiger partial charge in [0, 0.05) is 24.1 Å². The van der Waals surface area contributed by atoms with Crippen LogP contribution in [0.1, 0.15) is 46.0 Å². The van der Waals surface area contributed by atoms with Gasteiger partial charge in [0.05, 0.1) is 12.2 Å². The predicted molar refractivity (Wildman–Crippen MR) is 85.5 cm³/mol. The van der Waals surface area contributed by atoms with Gasteiger partial charge in [-0.15, -0.1) is 0 Å². The van der Waals surface area contributed by atoms with E-state index in [1.807, 2.05) is 6.92 Å². The van der Waals surface area contributed by atoms with E-state index < -0.39 is 0 Å². The smallest absolute Gasteiger partial charge is 0.148 e. The molecule has 1 aromatic rings. The SMILES string of the molecule is Cc1c(NN)nc(C(C)(C)C)nc1N1C[C@@H](C)O[C@@H](C)C1. The van der Waals surface area contributed by atoms with Crippen molar-refractivity contribution in [1.29, 1.82) is 0 Å². The monoisotopic (exact) mass is 293 g/mol. The minimum absolute atomic E-state index is 0.127. The van der Waals surface area contributed by atoms with Gasteiger partial charge >= 0.3 is 0 Å². The van der Waals surface area contributed by atoms with E-state index in [0.717, 1.165) is 30.3 Å². The Hall–Kier alpha value is -1.40. The van der Waals surface area contributed by atoms with Crippen molar-refractivity contribution in [3.05, 3.63) is 11.4 Å². The van der Waals surface area contributed by atoms with Gasteiger partial charge in [-0.2, -0.15) is 0 Å². The predicted octanol–water partition coefficient (Wildman–Crippen LogP) is 1.98. The number of nitrogens with zero attached hydrogens (tertiary/aromatic N) is 3. The molecule has 0 radical (unpaired) electrons. The number of nitrogens with one attached hydrogen (secondary N) is 1. The molecule has 6 nitrogen and oxygen atoms in total. The Morgan fingerprint density at radius 1 is 1.19 bits per heavy atom. The van der Waals surface area contributed by atoms with Crippen LogP contribution < -0.4 is 16.2 Å². The summed E-state index contributed by atoms with van der Waals surface area (Å²) in [5, 5.41) is 0. The summed E-state index contributed by atoms with van der Waals surface area (Å²) >= 11 is 0. The second kappa shape index (κ2) is 5.77. The van der Waals surface area contributed by atoms with E-state index in [0.29, 0.717) is 5.82 Å². The first kappa shape index (κ1) is 16.0. The quantitative estimate of drug-likeness (QED) is 0.641. The molecule has 0 unspecified atom stereocenters. The molecule has 3 N–H and O–H groups in total. The second-order valence-electron chi connectivity index (χ2n) is 6.90. The Morgan fingerprint density at radius 2 is 1.76 bits per heavy atom. The average Bonchev–Trinajstić information content (AvgIpc) is 2.36. The van der Waals surface area contributed by atoms with Crippen LogP contribution in [0.2, 0.25) is 0 Å². The number of aromatic nitrogens is 2. The average molecular weight is 293 g/mol. The fourth-order valence-corrected chi connectivity index (χ4v) is 2.64. The Labute approximate surface area is 127 Å². The third kappa shape index (κ3) is 3.44. The van der Waals surface area contributed by atoms with Crippen LogP contribution >= 0.6 is 0 Å². The molecule has 0 amide bonds. The number of hydrogen-bond acceptors (Lipinski definition) is 6. The fourth-order valence-electron chi connectivity index (χ4n) is 2.64. The van der Waals surface area contributed by atoms with Gasteiger partial charge in [0.2, 0.25) is 0 Å². The highest BCUT2D eigenvalue weighted by Crippen LogP contribution is 2.29. The molecule has 0 spiro atoms. The van der Waals surface area contributed by atoms with E-state index >= 15 is 0 Å². The highest BCUT2D eigenvalue weighted by molar-refractivity contribution is 5.59. The van der Waals surface area contributed by atoms with Crippen molar-refractivity contribution in [3.63, 3.8) is 0 Å². The molecular weight excluding hydrogens is 266 g/mol. The maximum atomic E-state index is 5.81. The molecule has 1 fully saturated rings. The van der Waals surface area contributed by atoms with E-state index in [2.05, 4.69) is 49.9 Å². The fraction of sp³-hybridized carbons (Fsp3) is 0.733. The van der Waals surface area contributed by atoms with Crippen molar-refractivity contribution in [2.45, 2.75) is 59.2 Å². The molecule has 0 aliphatic carbocycles. The highest BCUT2D eigenvalue weighted by Gasteiger charge is 2.28. The zero-order chi connectivity index (χ0) is 15.8. The number of anilines is 2. The molecule has 0 bridgehead atoms. The number of ether oxygens (including phenoxy) is 1. The van der Waals surface area contributed by atoms with Crippen LogP contribution in [-0.2, 0) is 10.2 Å². The summed E-state index contributed by atoms with van der Waals surface area (Å²) in [6.07, 6.45) is 0.381. The van der Waals surface area contributed by atoms with Crippen molar-refractivity contribution >= 4 is 11.6 Å². The van der Waals surface area contributed by atoms with Crippen molar-refractivity contribution in [2.75, 3.05) is 23.4 Å². The van der Waals surface area contributed by atoms with Crippen LogP contribution in [0.3, 0.4) is 0 Å². The molecule has 1 aromatic heterocycles. The van der Waals surface area contributed by atoms with E-state index in [4.69, 9.17) is 15.6 Å². The molecular formula is C15H27N5O. The van der Waals surface area contributed by atoms with Crippen molar-refractivity contribution in [1.82, 2.24) is 9.97 Å². The largest absolute Gasteiger partial charge is 0.372 e. The minimum atomic E-state index is -0.127. The zero-order valence-corrected chi connectivity index (χ0v) is 13.9. The Morgan fingerprint density at radius 3 is 2.24 bits per heavy atom. The molecule has 1 saturated heterocycles. The van der Waals surface area contributed by atoms with Crippen LogP contribution in [0.4, 0.5) is 11.6 Å². The van der Waals surface area contributed by atoms with Crippen LogP contribution in [0.25, 0.3) is 0 Å². The topological polar surface area (TPSA) is 76.3 Å². The summed E-state index contributed by atoms with van der Waals surface area (Å²) in [4.78, 5) is 11.6. The number of nitrogens with two attached hydrogens (primary N) is 1. The number of hydrogen-bond donors (Lipinski definition) is 2. The lowest BCUT2D eigenvalue weighted by molar-refractivity contribution is -0.00551. The van der Waals surface area contributed by atoms with Gasteiger partial charge < -0.3 is 15.1 Å². The summed E-state index contributed by atoms with van der Waals surface area (Å²) in [6, 6.07) is 0. The van der Waals surface area contributed by atoms with E-state index in [9.17, 15) is 0 Å². The summed E-state index contributed by atoms with van der Waals surface area (Å²) < 4.78 is 5.81. The van der Waals surface area contributed by atoms with Gasteiger partial charge in [-0.3, -0.25) is 0 Å². The first-order valence-electron chi connectivity index (χ1n) is 7.48. The van der Waals surface area contributed by atoms with E-state index in [-0.39, 0.29) is 17.6 Å². The molecule has 6 heteroatoms. The number of morpholine rings is 1. The minimum Gasteiger partial charge on any atom is -0.372 e. The summed E-state index contributed by atoms with van der Waals surface area (Å²) in [6.45, 7) is 14.1. The van der Waals surface area contributed by atoms with Crippen molar-refractivity contribution < 1.29 is 4.74 Å². The summed E-state index contributed by atoms with van der Waals surface area (Å²) in [5.74, 6) is 8.07. The normalized spacial score (nSPS) is 23.3. The summed E-state index contributed by atoms with van der Waals surface area (Å²) in [5.41, 5.74) is 3.55. The second-order valence-corrected chi connectivity index (χ2v) is 6.90. The van der Waals surface area contributed by atoms with Crippen molar-refractivity contribution in [3.8, 4) is 0 Å². The Bertz CT molecular complexity index is 502. The van der Waals surface area contributed by atoms with Crippen LogP contribution in [0, 0.1) is 6.92 Å². The molecule has 2 heterocycles. The molecule has 0 saturated carbocycles. The third-order valence-corrected chi connectivity index (χ3v) is 3.65. The number of hydrazine groups is 1. The lowest BCUT2D eigenvalue weighted by Crippen LogP contribution is -2.46. The number of rotatable bonds is 2. The molecule has 0 aromatic carbocycles. The van der Waals surface area contributed by atoms with Gasteiger partial charge in [-0.25, -0.2) is 15.8 Å². The molecule has 21 heavy (non-hydrogen) atoms. The van der Waals surface area contributed by atoms with E-state index in [1.54, 1.807) is 0 Å². The van der Waals surface area contributed by atoms with Crippen LogP contribution in [0.15, 0.2) is 0 Å².